The third-order valence-electron chi connectivity index (χ3n) is 2.13. The molecular formula is C12H13N. The van der Waals surface area contributed by atoms with E-state index in [1.807, 2.05) is 18.2 Å². The summed E-state index contributed by atoms with van der Waals surface area (Å²) in [5.74, 6) is 0. The summed E-state index contributed by atoms with van der Waals surface area (Å²) >= 11 is 0. The van der Waals surface area contributed by atoms with Crippen LogP contribution in [0.5, 0.6) is 0 Å². The number of aliphatic imine (C=N–C) groups is 1. The molecule has 1 heterocycles. The molecule has 1 nitrogen and oxygen atoms in total. The summed E-state index contributed by atoms with van der Waals surface area (Å²) < 4.78 is 0. The molecule has 1 aliphatic heterocycles. The van der Waals surface area contributed by atoms with E-state index in [4.69, 9.17) is 0 Å². The van der Waals surface area contributed by atoms with Crippen LogP contribution in [0.25, 0.3) is 0 Å². The van der Waals surface area contributed by atoms with Gasteiger partial charge in [0.05, 0.1) is 11.3 Å². The molecule has 0 unspecified atom stereocenters. The van der Waals surface area contributed by atoms with Crippen molar-refractivity contribution < 1.29 is 0 Å². The summed E-state index contributed by atoms with van der Waals surface area (Å²) in [5, 5.41) is 0. The SMILES string of the molecule is CC1(C)C=CC(c2ccccc2)=N1. The lowest BCUT2D eigenvalue weighted by atomic mass is 10.1. The molecule has 0 radical (unpaired) electrons. The summed E-state index contributed by atoms with van der Waals surface area (Å²) in [6, 6.07) is 10.3. The Balaban J connectivity index is 2.36. The van der Waals surface area contributed by atoms with E-state index in [1.165, 1.54) is 5.56 Å². The summed E-state index contributed by atoms with van der Waals surface area (Å²) in [6.45, 7) is 4.22. The standard InChI is InChI=1S/C12H13N/c1-12(2)9-8-11(13-12)10-6-4-3-5-7-10/h3-9H,1-2H3. The third-order valence-corrected chi connectivity index (χ3v) is 2.13. The van der Waals surface area contributed by atoms with Crippen LogP contribution in [0.4, 0.5) is 0 Å². The van der Waals surface area contributed by atoms with Crippen molar-refractivity contribution in [2.24, 2.45) is 4.99 Å². The van der Waals surface area contributed by atoms with Crippen LogP contribution >= 0.6 is 0 Å². The van der Waals surface area contributed by atoms with Crippen molar-refractivity contribution in [1.29, 1.82) is 0 Å². The Morgan fingerprint density at radius 1 is 1.08 bits per heavy atom. The van der Waals surface area contributed by atoms with E-state index >= 15 is 0 Å². The van der Waals surface area contributed by atoms with E-state index in [0.29, 0.717) is 0 Å². The molecular weight excluding hydrogens is 158 g/mol. The van der Waals surface area contributed by atoms with Gasteiger partial charge in [0, 0.05) is 0 Å². The van der Waals surface area contributed by atoms with E-state index in [2.05, 4.69) is 43.1 Å². The monoisotopic (exact) mass is 171 g/mol. The van der Waals surface area contributed by atoms with Gasteiger partial charge < -0.3 is 0 Å². The number of hydrogen-bond donors (Lipinski definition) is 0. The first-order valence-electron chi connectivity index (χ1n) is 4.52. The lowest BCUT2D eigenvalue weighted by Crippen LogP contribution is -2.09. The highest BCUT2D eigenvalue weighted by Crippen LogP contribution is 2.20. The van der Waals surface area contributed by atoms with Crippen molar-refractivity contribution >= 4 is 5.71 Å². The van der Waals surface area contributed by atoms with Crippen LogP contribution in [0.3, 0.4) is 0 Å². The third kappa shape index (κ3) is 1.69. The Bertz CT molecular complexity index is 358. The summed E-state index contributed by atoms with van der Waals surface area (Å²) in [5.41, 5.74) is 2.26. The molecule has 1 aliphatic rings. The molecule has 0 saturated heterocycles. The minimum absolute atomic E-state index is 0.0226. The van der Waals surface area contributed by atoms with E-state index < -0.39 is 0 Å². The maximum absolute atomic E-state index is 4.60. The Morgan fingerprint density at radius 3 is 2.31 bits per heavy atom. The van der Waals surface area contributed by atoms with Crippen LogP contribution in [0.15, 0.2) is 47.5 Å². The number of benzene rings is 1. The van der Waals surface area contributed by atoms with E-state index in [1.54, 1.807) is 0 Å². The van der Waals surface area contributed by atoms with Gasteiger partial charge >= 0.3 is 0 Å². The molecule has 0 aliphatic carbocycles. The second kappa shape index (κ2) is 2.84. The highest BCUT2D eigenvalue weighted by atomic mass is 14.9. The molecule has 13 heavy (non-hydrogen) atoms. The zero-order valence-electron chi connectivity index (χ0n) is 7.99. The predicted octanol–water partition coefficient (Wildman–Crippen LogP) is 2.82. The van der Waals surface area contributed by atoms with Gasteiger partial charge in [-0.3, -0.25) is 4.99 Å². The number of rotatable bonds is 1. The van der Waals surface area contributed by atoms with Crippen molar-refractivity contribution in [3.05, 3.63) is 48.0 Å². The molecule has 0 amide bonds. The maximum atomic E-state index is 4.60. The van der Waals surface area contributed by atoms with Crippen molar-refractivity contribution in [2.75, 3.05) is 0 Å². The normalized spacial score (nSPS) is 18.8. The lowest BCUT2D eigenvalue weighted by molar-refractivity contribution is 0.670. The maximum Gasteiger partial charge on any atom is 0.0742 e. The smallest absolute Gasteiger partial charge is 0.0742 e. The zero-order valence-corrected chi connectivity index (χ0v) is 7.99. The van der Waals surface area contributed by atoms with Crippen LogP contribution in [0, 0.1) is 0 Å². The molecule has 66 valence electrons. The molecule has 0 aromatic heterocycles. The van der Waals surface area contributed by atoms with Crippen molar-refractivity contribution in [1.82, 2.24) is 0 Å². The molecule has 1 aromatic carbocycles. The van der Waals surface area contributed by atoms with Gasteiger partial charge in [0.25, 0.3) is 0 Å². The molecule has 0 bridgehead atoms. The highest BCUT2D eigenvalue weighted by molar-refractivity contribution is 6.10. The van der Waals surface area contributed by atoms with E-state index in [9.17, 15) is 0 Å². The van der Waals surface area contributed by atoms with Gasteiger partial charge in [0.2, 0.25) is 0 Å². The number of allylic oxidation sites excluding steroid dienone is 1. The number of hydrogen-bond acceptors (Lipinski definition) is 1. The quantitative estimate of drug-likeness (QED) is 0.616. The van der Waals surface area contributed by atoms with Crippen LogP contribution < -0.4 is 0 Å². The van der Waals surface area contributed by atoms with Gasteiger partial charge in [-0.1, -0.05) is 36.4 Å². The lowest BCUT2D eigenvalue weighted by Gasteiger charge is -2.09. The van der Waals surface area contributed by atoms with Gasteiger partial charge in [0.1, 0.15) is 0 Å². The van der Waals surface area contributed by atoms with E-state index in [0.717, 1.165) is 5.71 Å². The summed E-state index contributed by atoms with van der Waals surface area (Å²) in [4.78, 5) is 4.60. The second-order valence-electron chi connectivity index (χ2n) is 3.85. The van der Waals surface area contributed by atoms with Crippen LogP contribution in [-0.4, -0.2) is 11.3 Å². The first kappa shape index (κ1) is 8.24. The van der Waals surface area contributed by atoms with Crippen molar-refractivity contribution in [3.63, 3.8) is 0 Å². The number of nitrogens with zero attached hydrogens (tertiary/aromatic N) is 1. The van der Waals surface area contributed by atoms with Crippen LogP contribution in [0.1, 0.15) is 19.4 Å². The van der Waals surface area contributed by atoms with Gasteiger partial charge in [-0.05, 0) is 25.5 Å². The Morgan fingerprint density at radius 2 is 1.77 bits per heavy atom. The summed E-state index contributed by atoms with van der Waals surface area (Å²) in [7, 11) is 0. The van der Waals surface area contributed by atoms with Gasteiger partial charge in [0.15, 0.2) is 0 Å². The van der Waals surface area contributed by atoms with Crippen LogP contribution in [0.2, 0.25) is 0 Å². The molecule has 0 saturated carbocycles. The summed E-state index contributed by atoms with van der Waals surface area (Å²) in [6.07, 6.45) is 4.23. The average molecular weight is 171 g/mol. The van der Waals surface area contributed by atoms with Crippen LogP contribution in [-0.2, 0) is 0 Å². The van der Waals surface area contributed by atoms with E-state index in [-0.39, 0.29) is 5.54 Å². The highest BCUT2D eigenvalue weighted by Gasteiger charge is 2.18. The largest absolute Gasteiger partial charge is 0.275 e. The zero-order chi connectivity index (χ0) is 9.31. The second-order valence-corrected chi connectivity index (χ2v) is 3.85. The molecule has 0 N–H and O–H groups in total. The topological polar surface area (TPSA) is 12.4 Å². The Hall–Kier alpha value is -1.37. The molecule has 0 atom stereocenters. The Kier molecular flexibility index (Phi) is 1.80. The molecule has 0 spiro atoms. The van der Waals surface area contributed by atoms with Crippen molar-refractivity contribution in [3.8, 4) is 0 Å². The molecule has 1 aromatic rings. The predicted molar refractivity (Wildman–Crippen MR) is 56.2 cm³/mol. The Labute approximate surface area is 78.8 Å². The molecule has 0 fully saturated rings. The molecule has 2 rings (SSSR count). The van der Waals surface area contributed by atoms with Gasteiger partial charge in [-0.2, -0.15) is 0 Å². The first-order chi connectivity index (χ1) is 6.17. The van der Waals surface area contributed by atoms with Gasteiger partial charge in [-0.25, -0.2) is 0 Å². The fourth-order valence-electron chi connectivity index (χ4n) is 1.44. The minimum Gasteiger partial charge on any atom is -0.275 e. The minimum atomic E-state index is -0.0226. The molecule has 1 heteroatoms. The van der Waals surface area contributed by atoms with Gasteiger partial charge in [-0.15, -0.1) is 0 Å². The van der Waals surface area contributed by atoms with Crippen molar-refractivity contribution in [2.45, 2.75) is 19.4 Å². The fraction of sp³-hybridized carbons (Fsp3) is 0.250. The fourth-order valence-corrected chi connectivity index (χ4v) is 1.44. The average Bonchev–Trinajstić information content (AvgIpc) is 2.48. The first-order valence-corrected chi connectivity index (χ1v) is 4.52.